The number of carbonyl (C=O) groups is 2. The molecule has 4 nitrogen and oxygen atoms in total. The summed E-state index contributed by atoms with van der Waals surface area (Å²) in [6.45, 7) is 6.22. The Bertz CT molecular complexity index is 521. The molecule has 1 unspecified atom stereocenters. The Morgan fingerprint density at radius 2 is 1.86 bits per heavy atom. The number of aliphatic carboxylic acids is 1. The fraction of sp³-hybridized carbons (Fsp3) is 0.529. The summed E-state index contributed by atoms with van der Waals surface area (Å²) in [5.41, 5.74) is 2.34. The minimum Gasteiger partial charge on any atom is -0.481 e. The van der Waals surface area contributed by atoms with Crippen molar-refractivity contribution in [1.82, 2.24) is 5.32 Å². The first kappa shape index (κ1) is 15.5. The third-order valence-corrected chi connectivity index (χ3v) is 4.16. The van der Waals surface area contributed by atoms with Gasteiger partial charge < -0.3 is 10.4 Å². The number of carboxylic acids is 1. The molecule has 1 aliphatic rings. The summed E-state index contributed by atoms with van der Waals surface area (Å²) < 4.78 is 0. The zero-order chi connectivity index (χ0) is 15.6. The van der Waals surface area contributed by atoms with E-state index in [0.29, 0.717) is 6.42 Å². The van der Waals surface area contributed by atoms with Crippen molar-refractivity contribution >= 4 is 11.9 Å². The first-order chi connectivity index (χ1) is 9.93. The number of hydrogen-bond acceptors (Lipinski definition) is 2. The average Bonchev–Trinajstić information content (AvgIpc) is 3.25. The van der Waals surface area contributed by atoms with E-state index in [1.807, 2.05) is 12.1 Å². The van der Waals surface area contributed by atoms with Crippen LogP contribution in [-0.2, 0) is 16.0 Å². The number of carboxylic acid groups (broad SMARTS) is 1. The first-order valence-electron chi connectivity index (χ1n) is 7.56. The maximum atomic E-state index is 12.2. The molecule has 1 saturated carbocycles. The minimum atomic E-state index is -0.872. The number of nitrogens with one attached hydrogen (secondary N) is 1. The standard InChI is InChI=1S/C17H23NO3/c1-4-11-5-7-12(8-6-11)15(10(2)3)18-16(19)13-9-14(13)17(20)21/h5-8,10,13-15H,4,9H2,1-3H3,(H,18,19)(H,20,21)/t13-,14+,15?/m1/s1. The molecule has 114 valence electrons. The molecule has 0 aliphatic heterocycles. The van der Waals surface area contributed by atoms with Gasteiger partial charge in [-0.3, -0.25) is 9.59 Å². The summed E-state index contributed by atoms with van der Waals surface area (Å²) >= 11 is 0. The fourth-order valence-electron chi connectivity index (χ4n) is 2.61. The van der Waals surface area contributed by atoms with Crippen LogP contribution in [0.4, 0.5) is 0 Å². The van der Waals surface area contributed by atoms with Gasteiger partial charge in [-0.15, -0.1) is 0 Å². The number of amides is 1. The van der Waals surface area contributed by atoms with Crippen LogP contribution in [0.5, 0.6) is 0 Å². The Labute approximate surface area is 125 Å². The van der Waals surface area contributed by atoms with Crippen molar-refractivity contribution in [2.24, 2.45) is 17.8 Å². The molecular weight excluding hydrogens is 266 g/mol. The predicted molar refractivity (Wildman–Crippen MR) is 80.8 cm³/mol. The molecule has 2 rings (SSSR count). The summed E-state index contributed by atoms with van der Waals surface area (Å²) in [4.78, 5) is 23.0. The van der Waals surface area contributed by atoms with Gasteiger partial charge in [0.05, 0.1) is 17.9 Å². The van der Waals surface area contributed by atoms with Crippen LogP contribution in [0, 0.1) is 17.8 Å². The molecule has 2 N–H and O–H groups in total. The van der Waals surface area contributed by atoms with Gasteiger partial charge in [0.15, 0.2) is 0 Å². The minimum absolute atomic E-state index is 0.0709. The fourth-order valence-corrected chi connectivity index (χ4v) is 2.61. The molecule has 3 atom stereocenters. The van der Waals surface area contributed by atoms with Gasteiger partial charge in [0, 0.05) is 0 Å². The lowest BCUT2D eigenvalue weighted by atomic mass is 9.94. The number of aryl methyl sites for hydroxylation is 1. The lowest BCUT2D eigenvalue weighted by Crippen LogP contribution is -2.33. The van der Waals surface area contributed by atoms with Crippen molar-refractivity contribution in [3.8, 4) is 0 Å². The Kier molecular flexibility index (Phi) is 4.66. The monoisotopic (exact) mass is 289 g/mol. The third-order valence-electron chi connectivity index (χ3n) is 4.16. The highest BCUT2D eigenvalue weighted by atomic mass is 16.4. The van der Waals surface area contributed by atoms with Gasteiger partial charge in [-0.25, -0.2) is 0 Å². The topological polar surface area (TPSA) is 66.4 Å². The van der Waals surface area contributed by atoms with Gasteiger partial charge in [-0.1, -0.05) is 45.0 Å². The lowest BCUT2D eigenvalue weighted by molar-refractivity contribution is -0.140. The van der Waals surface area contributed by atoms with Gasteiger partial charge >= 0.3 is 5.97 Å². The van der Waals surface area contributed by atoms with Crippen LogP contribution in [0.15, 0.2) is 24.3 Å². The van der Waals surface area contributed by atoms with E-state index >= 15 is 0 Å². The summed E-state index contributed by atoms with van der Waals surface area (Å²) in [5, 5.41) is 11.9. The zero-order valence-corrected chi connectivity index (χ0v) is 12.8. The number of rotatable bonds is 6. The molecule has 0 aromatic heterocycles. The van der Waals surface area contributed by atoms with Gasteiger partial charge in [-0.05, 0) is 29.9 Å². The Morgan fingerprint density at radius 1 is 1.24 bits per heavy atom. The molecule has 0 spiro atoms. The van der Waals surface area contributed by atoms with Gasteiger partial charge in [0.1, 0.15) is 0 Å². The highest BCUT2D eigenvalue weighted by Gasteiger charge is 2.48. The molecule has 0 heterocycles. The van der Waals surface area contributed by atoms with Crippen molar-refractivity contribution in [2.45, 2.75) is 39.7 Å². The van der Waals surface area contributed by atoms with E-state index in [1.165, 1.54) is 5.56 Å². The Balaban J connectivity index is 2.05. The number of benzene rings is 1. The molecule has 1 aromatic carbocycles. The van der Waals surface area contributed by atoms with Crippen LogP contribution >= 0.6 is 0 Å². The maximum Gasteiger partial charge on any atom is 0.307 e. The largest absolute Gasteiger partial charge is 0.481 e. The molecular formula is C17H23NO3. The smallest absolute Gasteiger partial charge is 0.307 e. The Morgan fingerprint density at radius 3 is 2.29 bits per heavy atom. The second-order valence-corrected chi connectivity index (χ2v) is 6.11. The lowest BCUT2D eigenvalue weighted by Gasteiger charge is -2.23. The van der Waals surface area contributed by atoms with Crippen LogP contribution in [0.1, 0.15) is 44.4 Å². The molecule has 0 bridgehead atoms. The average molecular weight is 289 g/mol. The SMILES string of the molecule is CCc1ccc(C(NC(=O)[C@@H]2C[C@@H]2C(=O)O)C(C)C)cc1. The first-order valence-corrected chi connectivity index (χ1v) is 7.56. The van der Waals surface area contributed by atoms with E-state index in [9.17, 15) is 9.59 Å². The third kappa shape index (κ3) is 3.63. The van der Waals surface area contributed by atoms with E-state index in [4.69, 9.17) is 5.11 Å². The van der Waals surface area contributed by atoms with Crippen molar-refractivity contribution in [3.05, 3.63) is 35.4 Å². The second kappa shape index (κ2) is 6.29. The Hall–Kier alpha value is -1.84. The molecule has 0 saturated heterocycles. The van der Waals surface area contributed by atoms with E-state index in [2.05, 4.69) is 38.2 Å². The molecule has 21 heavy (non-hydrogen) atoms. The quantitative estimate of drug-likeness (QED) is 0.846. The molecule has 4 heteroatoms. The van der Waals surface area contributed by atoms with Crippen molar-refractivity contribution < 1.29 is 14.7 Å². The normalized spacial score (nSPS) is 21.9. The molecule has 1 amide bonds. The summed E-state index contributed by atoms with van der Waals surface area (Å²) in [7, 11) is 0. The molecule has 1 aliphatic carbocycles. The van der Waals surface area contributed by atoms with Crippen LogP contribution in [0.2, 0.25) is 0 Å². The molecule has 0 radical (unpaired) electrons. The van der Waals surface area contributed by atoms with Crippen molar-refractivity contribution in [1.29, 1.82) is 0 Å². The van der Waals surface area contributed by atoms with Crippen LogP contribution in [0.3, 0.4) is 0 Å². The van der Waals surface area contributed by atoms with E-state index < -0.39 is 11.9 Å². The van der Waals surface area contributed by atoms with Crippen LogP contribution < -0.4 is 5.32 Å². The van der Waals surface area contributed by atoms with Gasteiger partial charge in [0.2, 0.25) is 5.91 Å². The van der Waals surface area contributed by atoms with Crippen LogP contribution in [-0.4, -0.2) is 17.0 Å². The zero-order valence-electron chi connectivity index (χ0n) is 12.8. The summed E-state index contributed by atoms with van der Waals surface area (Å²) in [6.07, 6.45) is 1.45. The van der Waals surface area contributed by atoms with Crippen molar-refractivity contribution in [3.63, 3.8) is 0 Å². The number of hydrogen-bond donors (Lipinski definition) is 2. The number of carbonyl (C=O) groups excluding carboxylic acids is 1. The van der Waals surface area contributed by atoms with E-state index in [1.54, 1.807) is 0 Å². The van der Waals surface area contributed by atoms with Gasteiger partial charge in [0.25, 0.3) is 0 Å². The van der Waals surface area contributed by atoms with Crippen molar-refractivity contribution in [2.75, 3.05) is 0 Å². The van der Waals surface area contributed by atoms with Gasteiger partial charge in [-0.2, -0.15) is 0 Å². The highest BCUT2D eigenvalue weighted by Crippen LogP contribution is 2.39. The summed E-state index contributed by atoms with van der Waals surface area (Å²) in [5.74, 6) is -1.62. The molecule has 1 aromatic rings. The molecule has 1 fully saturated rings. The van der Waals surface area contributed by atoms with E-state index in [-0.39, 0.29) is 23.8 Å². The highest BCUT2D eigenvalue weighted by molar-refractivity contribution is 5.89. The maximum absolute atomic E-state index is 12.2. The van der Waals surface area contributed by atoms with E-state index in [0.717, 1.165) is 12.0 Å². The van der Waals surface area contributed by atoms with Crippen LogP contribution in [0.25, 0.3) is 0 Å². The second-order valence-electron chi connectivity index (χ2n) is 6.11. The summed E-state index contributed by atoms with van der Waals surface area (Å²) in [6, 6.07) is 8.18. The predicted octanol–water partition coefficient (Wildman–Crippen LogP) is 2.78.